The van der Waals surface area contributed by atoms with Gasteiger partial charge in [0.2, 0.25) is 29.4 Å². The molecule has 5 unspecified atom stereocenters. The Morgan fingerprint density at radius 1 is 0.642 bits per heavy atom. The Morgan fingerprint density at radius 3 is 1.91 bits per heavy atom. The SMILES string of the molecule is COc1ccc(CNC(=O)C(NC(=O)C(NCc2cc(OC)c(OC)c(OC)c2)C(O)C(Cc2ccccc2)NC(=O)C(NC(=O)Cc2cccc3ccccc23)C(C)(C)C)C(C)C)c(O)c1. The van der Waals surface area contributed by atoms with Crippen LogP contribution in [-0.4, -0.2) is 92.6 Å². The maximum absolute atomic E-state index is 14.7. The summed E-state index contributed by atoms with van der Waals surface area (Å²) in [6, 6.07) is 26.1. The Balaban J connectivity index is 1.47. The smallest absolute Gasteiger partial charge is 0.243 e. The van der Waals surface area contributed by atoms with Gasteiger partial charge in [0.1, 0.15) is 29.6 Å². The van der Waals surface area contributed by atoms with Gasteiger partial charge in [0, 0.05) is 24.7 Å². The van der Waals surface area contributed by atoms with Crippen molar-refractivity contribution in [2.24, 2.45) is 11.3 Å². The van der Waals surface area contributed by atoms with Gasteiger partial charge in [-0.15, -0.1) is 0 Å². The number of carbonyl (C=O) groups excluding carboxylic acids is 4. The molecule has 0 radical (unpaired) electrons. The van der Waals surface area contributed by atoms with Crippen molar-refractivity contribution in [3.05, 3.63) is 125 Å². The third-order valence-corrected chi connectivity index (χ3v) is 11.6. The quantitative estimate of drug-likeness (QED) is 0.0471. The lowest BCUT2D eigenvalue weighted by Gasteiger charge is -2.35. The third-order valence-electron chi connectivity index (χ3n) is 11.6. The van der Waals surface area contributed by atoms with Crippen LogP contribution >= 0.6 is 0 Å². The Kier molecular flexibility index (Phi) is 18.0. The Hall–Kier alpha value is -6.84. The lowest BCUT2D eigenvalue weighted by molar-refractivity contribution is -0.135. The molecule has 15 heteroatoms. The second-order valence-corrected chi connectivity index (χ2v) is 17.8. The van der Waals surface area contributed by atoms with Crippen LogP contribution < -0.4 is 45.5 Å². The third kappa shape index (κ3) is 13.6. The van der Waals surface area contributed by atoms with Crippen molar-refractivity contribution in [2.75, 3.05) is 28.4 Å². The number of phenols is 1. The summed E-state index contributed by atoms with van der Waals surface area (Å²) in [5.41, 5.74) is 1.80. The topological polar surface area (TPSA) is 206 Å². The maximum atomic E-state index is 14.7. The van der Waals surface area contributed by atoms with Crippen LogP contribution in [-0.2, 0) is 45.1 Å². The summed E-state index contributed by atoms with van der Waals surface area (Å²) in [6.45, 7) is 8.98. The van der Waals surface area contributed by atoms with E-state index in [0.717, 1.165) is 21.9 Å². The van der Waals surface area contributed by atoms with Crippen LogP contribution in [0.25, 0.3) is 10.8 Å². The van der Waals surface area contributed by atoms with Gasteiger partial charge in [0.15, 0.2) is 11.5 Å². The Labute approximate surface area is 392 Å². The lowest BCUT2D eigenvalue weighted by atomic mass is 9.85. The second kappa shape index (κ2) is 23.6. The molecule has 358 valence electrons. The van der Waals surface area contributed by atoms with Gasteiger partial charge in [-0.2, -0.15) is 0 Å². The number of rotatable bonds is 22. The first kappa shape index (κ1) is 51.1. The summed E-state index contributed by atoms with van der Waals surface area (Å²) in [5, 5.41) is 39.8. The molecule has 5 aromatic carbocycles. The van der Waals surface area contributed by atoms with E-state index < -0.39 is 59.3 Å². The molecule has 0 saturated carbocycles. The number of nitrogens with one attached hydrogen (secondary N) is 5. The highest BCUT2D eigenvalue weighted by Crippen LogP contribution is 2.38. The molecule has 0 saturated heterocycles. The number of ether oxygens (including phenoxy) is 4. The van der Waals surface area contributed by atoms with Crippen molar-refractivity contribution in [3.63, 3.8) is 0 Å². The second-order valence-electron chi connectivity index (χ2n) is 17.8. The van der Waals surface area contributed by atoms with Crippen molar-refractivity contribution in [3.8, 4) is 28.7 Å². The predicted molar refractivity (Wildman–Crippen MR) is 257 cm³/mol. The Morgan fingerprint density at radius 2 is 1.30 bits per heavy atom. The monoisotopic (exact) mass is 919 g/mol. The van der Waals surface area contributed by atoms with Gasteiger partial charge in [-0.1, -0.05) is 107 Å². The summed E-state index contributed by atoms with van der Waals surface area (Å²) in [7, 11) is 5.92. The van der Waals surface area contributed by atoms with E-state index in [9.17, 15) is 29.4 Å². The zero-order chi connectivity index (χ0) is 48.8. The fraction of sp³-hybridized carbons (Fsp3) is 0.385. The van der Waals surface area contributed by atoms with E-state index in [1.807, 2.05) is 93.6 Å². The van der Waals surface area contributed by atoms with Gasteiger partial charge in [0.05, 0.1) is 47.0 Å². The van der Waals surface area contributed by atoms with Crippen molar-refractivity contribution < 1.29 is 48.3 Å². The highest BCUT2D eigenvalue weighted by Gasteiger charge is 2.39. The van der Waals surface area contributed by atoms with Gasteiger partial charge >= 0.3 is 0 Å². The number of hydrogen-bond acceptors (Lipinski definition) is 11. The van der Waals surface area contributed by atoms with E-state index in [1.165, 1.54) is 34.5 Å². The minimum Gasteiger partial charge on any atom is -0.507 e. The number of hydrogen-bond donors (Lipinski definition) is 7. The standard InChI is InChI=1S/C52H65N5O10/c1-31(2)44(49(61)54-30-36-22-23-37(64-6)28-40(36)58)57-50(62)45(53-29-33-25-41(65-7)47(67-9)42(26-33)66-8)46(60)39(24-32-16-11-10-12-17-32)55-51(63)48(52(3,4)5)56-43(59)27-35-20-15-19-34-18-13-14-21-38(34)35/h10-23,25-26,28,31,39,44-46,48,53,58,60H,24,27,29-30H2,1-9H3,(H,54,61)(H,55,63)(H,56,59)(H,57,62). The van der Waals surface area contributed by atoms with Gasteiger partial charge in [0.25, 0.3) is 0 Å². The van der Waals surface area contributed by atoms with Gasteiger partial charge in [-0.3, -0.25) is 24.5 Å². The number of methoxy groups -OCH3 is 4. The number of aromatic hydroxyl groups is 1. The zero-order valence-corrected chi connectivity index (χ0v) is 39.8. The number of fused-ring (bicyclic) bond motifs is 1. The van der Waals surface area contributed by atoms with Crippen LogP contribution in [0.2, 0.25) is 0 Å². The highest BCUT2D eigenvalue weighted by molar-refractivity contribution is 5.93. The van der Waals surface area contributed by atoms with E-state index >= 15 is 0 Å². The van der Waals surface area contributed by atoms with Gasteiger partial charge < -0.3 is 50.4 Å². The molecule has 7 N–H and O–H groups in total. The lowest BCUT2D eigenvalue weighted by Crippen LogP contribution is -2.64. The van der Waals surface area contributed by atoms with Crippen molar-refractivity contribution in [1.82, 2.24) is 26.6 Å². The van der Waals surface area contributed by atoms with Crippen LogP contribution in [0.5, 0.6) is 28.7 Å². The highest BCUT2D eigenvalue weighted by atomic mass is 16.5. The van der Waals surface area contributed by atoms with E-state index in [4.69, 9.17) is 18.9 Å². The van der Waals surface area contributed by atoms with E-state index in [0.29, 0.717) is 34.1 Å². The molecule has 15 nitrogen and oxygen atoms in total. The summed E-state index contributed by atoms with van der Waals surface area (Å²) in [6.07, 6.45) is -1.51. The zero-order valence-electron chi connectivity index (χ0n) is 39.8. The molecule has 0 fully saturated rings. The minimum atomic E-state index is -1.62. The first-order valence-corrected chi connectivity index (χ1v) is 22.2. The largest absolute Gasteiger partial charge is 0.507 e. The summed E-state index contributed by atoms with van der Waals surface area (Å²) >= 11 is 0. The molecule has 0 aromatic heterocycles. The molecule has 4 amide bonds. The van der Waals surface area contributed by atoms with Gasteiger partial charge in [-0.25, -0.2) is 0 Å². The van der Waals surface area contributed by atoms with Crippen molar-refractivity contribution in [2.45, 2.75) is 90.8 Å². The average Bonchev–Trinajstić information content (AvgIpc) is 3.31. The molecule has 67 heavy (non-hydrogen) atoms. The van der Waals surface area contributed by atoms with E-state index in [-0.39, 0.29) is 37.6 Å². The van der Waals surface area contributed by atoms with Crippen molar-refractivity contribution >= 4 is 34.4 Å². The van der Waals surface area contributed by atoms with Crippen LogP contribution in [0.3, 0.4) is 0 Å². The molecule has 0 aliphatic heterocycles. The summed E-state index contributed by atoms with van der Waals surface area (Å²) < 4.78 is 21.8. The number of phenolic OH excluding ortho intramolecular Hbond substituents is 1. The molecule has 5 aromatic rings. The summed E-state index contributed by atoms with van der Waals surface area (Å²) in [4.78, 5) is 56.9. The van der Waals surface area contributed by atoms with Crippen LogP contribution in [0.1, 0.15) is 56.9 Å². The van der Waals surface area contributed by atoms with Crippen molar-refractivity contribution in [1.29, 1.82) is 0 Å². The van der Waals surface area contributed by atoms with Crippen LogP contribution in [0, 0.1) is 11.3 Å². The maximum Gasteiger partial charge on any atom is 0.243 e. The number of aliphatic hydroxyl groups excluding tert-OH is 1. The minimum absolute atomic E-state index is 0.0119. The molecule has 0 aliphatic carbocycles. The molecule has 0 aliphatic rings. The first-order valence-electron chi connectivity index (χ1n) is 22.2. The Bertz CT molecular complexity index is 2440. The van der Waals surface area contributed by atoms with E-state index in [1.54, 1.807) is 38.1 Å². The average molecular weight is 920 g/mol. The fourth-order valence-electron chi connectivity index (χ4n) is 7.85. The fourth-order valence-corrected chi connectivity index (χ4v) is 7.85. The van der Waals surface area contributed by atoms with Gasteiger partial charge in [-0.05, 0) is 69.5 Å². The molecular formula is C52H65N5O10. The normalized spacial score (nSPS) is 13.7. The summed E-state index contributed by atoms with van der Waals surface area (Å²) in [5.74, 6) is -1.16. The number of aliphatic hydroxyl groups is 1. The number of amides is 4. The molecule has 0 bridgehead atoms. The number of carbonyl (C=O) groups is 4. The molecule has 5 atom stereocenters. The number of benzene rings is 5. The van der Waals surface area contributed by atoms with E-state index in [2.05, 4.69) is 26.6 Å². The molecular weight excluding hydrogens is 855 g/mol. The first-order chi connectivity index (χ1) is 32.0. The van der Waals surface area contributed by atoms with Crippen LogP contribution in [0.4, 0.5) is 0 Å². The molecule has 5 rings (SSSR count). The van der Waals surface area contributed by atoms with Crippen LogP contribution in [0.15, 0.2) is 103 Å². The molecule has 0 heterocycles. The molecule has 0 spiro atoms. The predicted octanol–water partition coefficient (Wildman–Crippen LogP) is 5.36.